The lowest BCUT2D eigenvalue weighted by Crippen LogP contribution is -2.01. The summed E-state index contributed by atoms with van der Waals surface area (Å²) in [5, 5.41) is 0. The number of carbonyl (C=O) groups excluding carboxylic acids is 1. The summed E-state index contributed by atoms with van der Waals surface area (Å²) in [4.78, 5) is 12.4. The van der Waals surface area contributed by atoms with Crippen molar-refractivity contribution in [3.63, 3.8) is 0 Å². The van der Waals surface area contributed by atoms with E-state index in [1.54, 1.807) is 0 Å². The Balaban J connectivity index is 2.00. The summed E-state index contributed by atoms with van der Waals surface area (Å²) in [5.74, 6) is 0.0959. The van der Waals surface area contributed by atoms with Gasteiger partial charge in [-0.25, -0.2) is 0 Å². The highest BCUT2D eigenvalue weighted by atomic mass is 79.9. The van der Waals surface area contributed by atoms with E-state index in [1.165, 1.54) is 28.9 Å². The van der Waals surface area contributed by atoms with Gasteiger partial charge in [0.15, 0.2) is 5.78 Å². The van der Waals surface area contributed by atoms with Crippen molar-refractivity contribution in [1.29, 1.82) is 0 Å². The smallest absolute Gasteiger partial charge is 0.195 e. The summed E-state index contributed by atoms with van der Waals surface area (Å²) in [7, 11) is 0. The number of fused-ring (bicyclic) bond motifs is 1. The van der Waals surface area contributed by atoms with Gasteiger partial charge in [-0.3, -0.25) is 4.79 Å². The number of carbonyl (C=O) groups is 1. The van der Waals surface area contributed by atoms with E-state index in [-0.39, 0.29) is 5.78 Å². The van der Waals surface area contributed by atoms with E-state index in [2.05, 4.69) is 44.0 Å². The zero-order valence-corrected chi connectivity index (χ0v) is 13.5. The average molecular weight is 386 g/mol. The topological polar surface area (TPSA) is 17.1 Å². The minimum Gasteiger partial charge on any atom is -0.289 e. The molecule has 0 aliphatic heterocycles. The van der Waals surface area contributed by atoms with E-state index in [0.717, 1.165) is 31.5 Å². The molecule has 0 saturated carbocycles. The first-order chi connectivity index (χ1) is 8.65. The van der Waals surface area contributed by atoms with Gasteiger partial charge in [0.2, 0.25) is 0 Å². The van der Waals surface area contributed by atoms with Crippen LogP contribution < -0.4 is 0 Å². The van der Waals surface area contributed by atoms with E-state index in [0.29, 0.717) is 0 Å². The maximum atomic E-state index is 12.4. The third-order valence-electron chi connectivity index (χ3n) is 3.26. The number of halogens is 2. The van der Waals surface area contributed by atoms with Crippen LogP contribution in [0.5, 0.6) is 0 Å². The molecule has 2 aromatic rings. The second-order valence-corrected chi connectivity index (χ2v) is 8.15. The Bertz CT molecular complexity index is 631. The monoisotopic (exact) mass is 384 g/mol. The molecule has 3 rings (SSSR count). The molecule has 1 aliphatic carbocycles. The van der Waals surface area contributed by atoms with Crippen LogP contribution in [0.3, 0.4) is 0 Å². The summed E-state index contributed by atoms with van der Waals surface area (Å²) < 4.78 is 1.86. The molecular weight excluding hydrogens is 376 g/mol. The van der Waals surface area contributed by atoms with E-state index < -0.39 is 0 Å². The molecule has 0 N–H and O–H groups in total. The van der Waals surface area contributed by atoms with Crippen LogP contribution in [0.2, 0.25) is 0 Å². The SMILES string of the molecule is O=C(c1ccc2c(c1)CCC2)c1cc(Br)sc1Br. The first-order valence-electron chi connectivity index (χ1n) is 5.76. The predicted molar refractivity (Wildman–Crippen MR) is 81.6 cm³/mol. The van der Waals surface area contributed by atoms with Crippen molar-refractivity contribution in [2.45, 2.75) is 19.3 Å². The third kappa shape index (κ3) is 2.22. The minimum absolute atomic E-state index is 0.0959. The molecule has 0 atom stereocenters. The van der Waals surface area contributed by atoms with Crippen LogP contribution in [-0.2, 0) is 12.8 Å². The average Bonchev–Trinajstić information content (AvgIpc) is 2.93. The zero-order valence-electron chi connectivity index (χ0n) is 9.50. The lowest BCUT2D eigenvalue weighted by Gasteiger charge is -2.03. The summed E-state index contributed by atoms with van der Waals surface area (Å²) in [6, 6.07) is 7.99. The van der Waals surface area contributed by atoms with Crippen LogP contribution in [0.4, 0.5) is 0 Å². The largest absolute Gasteiger partial charge is 0.289 e. The first kappa shape index (κ1) is 12.6. The van der Waals surface area contributed by atoms with Gasteiger partial charge >= 0.3 is 0 Å². The maximum Gasteiger partial charge on any atom is 0.195 e. The molecule has 0 bridgehead atoms. The van der Waals surface area contributed by atoms with Crippen molar-refractivity contribution in [3.8, 4) is 0 Å². The Morgan fingerprint density at radius 2 is 1.89 bits per heavy atom. The van der Waals surface area contributed by atoms with Crippen molar-refractivity contribution in [3.05, 3.63) is 54.1 Å². The van der Waals surface area contributed by atoms with Crippen LogP contribution in [0.15, 0.2) is 31.8 Å². The van der Waals surface area contributed by atoms with Crippen molar-refractivity contribution in [2.75, 3.05) is 0 Å². The Morgan fingerprint density at radius 3 is 2.61 bits per heavy atom. The Morgan fingerprint density at radius 1 is 1.11 bits per heavy atom. The molecule has 1 heterocycles. The summed E-state index contributed by atoms with van der Waals surface area (Å²) in [5.41, 5.74) is 4.27. The first-order valence-corrected chi connectivity index (χ1v) is 8.17. The molecule has 4 heteroatoms. The minimum atomic E-state index is 0.0959. The Kier molecular flexibility index (Phi) is 3.43. The fourth-order valence-electron chi connectivity index (χ4n) is 2.36. The lowest BCUT2D eigenvalue weighted by atomic mass is 10.0. The van der Waals surface area contributed by atoms with Crippen molar-refractivity contribution < 1.29 is 4.79 Å². The van der Waals surface area contributed by atoms with Crippen molar-refractivity contribution in [1.82, 2.24) is 0 Å². The molecular formula is C14H10Br2OS. The van der Waals surface area contributed by atoms with Crippen LogP contribution >= 0.6 is 43.2 Å². The Hall–Kier alpha value is -0.450. The van der Waals surface area contributed by atoms with Crippen LogP contribution in [0.1, 0.15) is 33.5 Å². The molecule has 0 radical (unpaired) electrons. The lowest BCUT2D eigenvalue weighted by molar-refractivity contribution is 0.103. The van der Waals surface area contributed by atoms with Gasteiger partial charge in [-0.2, -0.15) is 0 Å². The van der Waals surface area contributed by atoms with Gasteiger partial charge in [0.25, 0.3) is 0 Å². The second-order valence-electron chi connectivity index (χ2n) is 4.40. The summed E-state index contributed by atoms with van der Waals surface area (Å²) >= 11 is 8.39. The van der Waals surface area contributed by atoms with E-state index in [1.807, 2.05) is 12.1 Å². The van der Waals surface area contributed by atoms with Gasteiger partial charge in [0.05, 0.1) is 7.57 Å². The highest BCUT2D eigenvalue weighted by Gasteiger charge is 2.18. The van der Waals surface area contributed by atoms with Gasteiger partial charge in [0.1, 0.15) is 0 Å². The quantitative estimate of drug-likeness (QED) is 0.665. The predicted octanol–water partition coefficient (Wildman–Crippen LogP) is 4.99. The molecule has 0 fully saturated rings. The number of aryl methyl sites for hydroxylation is 2. The molecule has 1 nitrogen and oxygen atoms in total. The molecule has 92 valence electrons. The number of hydrogen-bond donors (Lipinski definition) is 0. The standard InChI is InChI=1S/C14H10Br2OS/c15-12-7-11(14(16)18-12)13(17)10-5-4-8-2-1-3-9(8)6-10/h4-7H,1-3H2. The van der Waals surface area contributed by atoms with Crippen LogP contribution in [0, 0.1) is 0 Å². The van der Waals surface area contributed by atoms with Crippen LogP contribution in [-0.4, -0.2) is 5.78 Å². The van der Waals surface area contributed by atoms with Gasteiger partial charge < -0.3 is 0 Å². The van der Waals surface area contributed by atoms with Gasteiger partial charge in [-0.05, 0) is 74.4 Å². The molecule has 1 aliphatic rings. The number of rotatable bonds is 2. The molecule has 0 spiro atoms. The molecule has 1 aromatic carbocycles. The molecule has 0 saturated heterocycles. The number of thiophene rings is 1. The molecule has 0 amide bonds. The number of ketones is 1. The second kappa shape index (κ2) is 4.91. The highest BCUT2D eigenvalue weighted by Crippen LogP contribution is 2.33. The number of benzene rings is 1. The highest BCUT2D eigenvalue weighted by molar-refractivity contribution is 9.12. The van der Waals surface area contributed by atoms with Crippen LogP contribution in [0.25, 0.3) is 0 Å². The van der Waals surface area contributed by atoms with Gasteiger partial charge in [-0.1, -0.05) is 12.1 Å². The summed E-state index contributed by atoms with van der Waals surface area (Å²) in [6.45, 7) is 0. The molecule has 1 aromatic heterocycles. The zero-order chi connectivity index (χ0) is 12.7. The van der Waals surface area contributed by atoms with E-state index >= 15 is 0 Å². The van der Waals surface area contributed by atoms with Crippen molar-refractivity contribution in [2.24, 2.45) is 0 Å². The van der Waals surface area contributed by atoms with Gasteiger partial charge in [-0.15, -0.1) is 11.3 Å². The van der Waals surface area contributed by atoms with E-state index in [4.69, 9.17) is 0 Å². The molecule has 18 heavy (non-hydrogen) atoms. The summed E-state index contributed by atoms with van der Waals surface area (Å²) in [6.07, 6.45) is 3.46. The fourth-order valence-corrected chi connectivity index (χ4v) is 5.16. The van der Waals surface area contributed by atoms with Gasteiger partial charge in [0, 0.05) is 11.1 Å². The van der Waals surface area contributed by atoms with Crippen molar-refractivity contribution >= 4 is 49.0 Å². The maximum absolute atomic E-state index is 12.4. The normalized spacial score (nSPS) is 13.7. The van der Waals surface area contributed by atoms with E-state index in [9.17, 15) is 4.79 Å². The number of hydrogen-bond acceptors (Lipinski definition) is 2. The third-order valence-corrected chi connectivity index (χ3v) is 5.60. The fraction of sp³-hybridized carbons (Fsp3) is 0.214. The molecule has 0 unspecified atom stereocenters. The Labute approximate surface area is 126 Å².